The quantitative estimate of drug-likeness (QED) is 0.454. The van der Waals surface area contributed by atoms with E-state index in [-0.39, 0.29) is 21.7 Å². The largest absolute Gasteiger partial charge is 0.0561 e. The third-order valence-corrected chi connectivity index (χ3v) is 6.73. The third kappa shape index (κ3) is 5.82. The Labute approximate surface area is 193 Å². The van der Waals surface area contributed by atoms with Gasteiger partial charge in [0.25, 0.3) is 0 Å². The molecule has 1 atom stereocenters. The van der Waals surface area contributed by atoms with E-state index in [1.54, 1.807) is 0 Å². The minimum atomic E-state index is 0.129. The third-order valence-electron chi connectivity index (χ3n) is 6.73. The summed E-state index contributed by atoms with van der Waals surface area (Å²) in [5.74, 6) is 0.353. The van der Waals surface area contributed by atoms with E-state index in [0.29, 0.717) is 5.92 Å². The van der Waals surface area contributed by atoms with Crippen LogP contribution >= 0.6 is 0 Å². The molecule has 0 fully saturated rings. The van der Waals surface area contributed by atoms with Crippen molar-refractivity contribution < 1.29 is 0 Å². The number of hydrogen-bond donors (Lipinski definition) is 0. The Morgan fingerprint density at radius 2 is 0.806 bits per heavy atom. The fraction of sp³-hybridized carbons (Fsp3) is 0.613. The average molecular weight is 421 g/mol. The van der Waals surface area contributed by atoms with Gasteiger partial charge in [0.2, 0.25) is 0 Å². The Balaban J connectivity index is 2.78. The van der Waals surface area contributed by atoms with Crippen molar-refractivity contribution in [1.29, 1.82) is 0 Å². The summed E-state index contributed by atoms with van der Waals surface area (Å²) in [7, 11) is 0. The van der Waals surface area contributed by atoms with Gasteiger partial charge in [-0.15, -0.1) is 0 Å². The molecule has 2 aromatic rings. The lowest BCUT2D eigenvalue weighted by molar-refractivity contribution is 0.558. The van der Waals surface area contributed by atoms with Gasteiger partial charge in [-0.05, 0) is 67.5 Å². The van der Waals surface area contributed by atoms with E-state index >= 15 is 0 Å². The van der Waals surface area contributed by atoms with Gasteiger partial charge in [-0.3, -0.25) is 0 Å². The van der Waals surface area contributed by atoms with Crippen molar-refractivity contribution in [1.82, 2.24) is 0 Å². The molecule has 0 aliphatic carbocycles. The maximum atomic E-state index is 2.48. The van der Waals surface area contributed by atoms with Crippen LogP contribution in [-0.4, -0.2) is 0 Å². The van der Waals surface area contributed by atoms with Crippen LogP contribution in [0, 0.1) is 6.92 Å². The molecule has 0 spiro atoms. The van der Waals surface area contributed by atoms with E-state index in [2.05, 4.69) is 127 Å². The first-order valence-electron chi connectivity index (χ1n) is 12.0. The highest BCUT2D eigenvalue weighted by Crippen LogP contribution is 2.39. The molecule has 0 N–H and O–H groups in total. The van der Waals surface area contributed by atoms with Crippen LogP contribution in [0.4, 0.5) is 0 Å². The van der Waals surface area contributed by atoms with Crippen LogP contribution in [-0.2, 0) is 21.7 Å². The molecule has 0 heterocycles. The van der Waals surface area contributed by atoms with E-state index in [1.807, 2.05) is 0 Å². The van der Waals surface area contributed by atoms with Crippen LogP contribution in [0.2, 0.25) is 0 Å². The highest BCUT2D eigenvalue weighted by Gasteiger charge is 2.27. The summed E-state index contributed by atoms with van der Waals surface area (Å²) in [5, 5.41) is 0. The number of hydrogen-bond acceptors (Lipinski definition) is 0. The number of rotatable bonds is 2. The molecule has 0 amide bonds. The molecule has 0 heteroatoms. The highest BCUT2D eigenvalue weighted by atomic mass is 14.3. The molecule has 0 saturated carbocycles. The summed E-state index contributed by atoms with van der Waals surface area (Å²) >= 11 is 0. The van der Waals surface area contributed by atoms with E-state index in [4.69, 9.17) is 0 Å². The van der Waals surface area contributed by atoms with Crippen molar-refractivity contribution in [3.8, 4) is 0 Å². The lowest BCUT2D eigenvalue weighted by Crippen LogP contribution is -2.21. The second kappa shape index (κ2) is 8.09. The molecule has 0 aromatic heterocycles. The molecule has 2 aromatic carbocycles. The van der Waals surface area contributed by atoms with E-state index in [1.165, 1.54) is 38.9 Å². The van der Waals surface area contributed by atoms with Gasteiger partial charge >= 0.3 is 0 Å². The maximum absolute atomic E-state index is 2.48. The zero-order chi connectivity index (χ0) is 24.2. The SMILES string of the molecule is Cc1c(C(C)(C)C)cc(C(C)c2cc(C(C)(C)C)cc(C(C)(C)C)c2)cc1C(C)(C)C. The highest BCUT2D eigenvalue weighted by molar-refractivity contribution is 5.49. The molecule has 0 bridgehead atoms. The van der Waals surface area contributed by atoms with E-state index in [0.717, 1.165) is 0 Å². The Morgan fingerprint density at radius 1 is 0.484 bits per heavy atom. The zero-order valence-corrected chi connectivity index (χ0v) is 23.0. The molecule has 0 aliphatic heterocycles. The number of benzene rings is 2. The molecule has 31 heavy (non-hydrogen) atoms. The fourth-order valence-corrected chi connectivity index (χ4v) is 4.50. The lowest BCUT2D eigenvalue weighted by atomic mass is 9.73. The van der Waals surface area contributed by atoms with Gasteiger partial charge in [-0.2, -0.15) is 0 Å². The van der Waals surface area contributed by atoms with Crippen LogP contribution in [0.3, 0.4) is 0 Å². The van der Waals surface area contributed by atoms with Gasteiger partial charge in [0.15, 0.2) is 0 Å². The molecule has 0 aliphatic rings. The lowest BCUT2D eigenvalue weighted by Gasteiger charge is -2.32. The second-order valence-corrected chi connectivity index (χ2v) is 13.8. The molecular weight excluding hydrogens is 372 g/mol. The van der Waals surface area contributed by atoms with Crippen molar-refractivity contribution in [3.05, 3.63) is 69.3 Å². The Hall–Kier alpha value is -1.56. The van der Waals surface area contributed by atoms with Crippen LogP contribution in [0.1, 0.15) is 135 Å². The zero-order valence-electron chi connectivity index (χ0n) is 23.0. The van der Waals surface area contributed by atoms with Crippen molar-refractivity contribution in [2.24, 2.45) is 0 Å². The van der Waals surface area contributed by atoms with E-state index in [9.17, 15) is 0 Å². The fourth-order valence-electron chi connectivity index (χ4n) is 4.50. The first kappa shape index (κ1) is 25.7. The summed E-state index contributed by atoms with van der Waals surface area (Å²) in [6, 6.07) is 12.3. The van der Waals surface area contributed by atoms with Crippen molar-refractivity contribution in [3.63, 3.8) is 0 Å². The molecule has 0 nitrogen and oxygen atoms in total. The Morgan fingerprint density at radius 3 is 1.10 bits per heavy atom. The van der Waals surface area contributed by atoms with Crippen molar-refractivity contribution in [2.45, 2.75) is 125 Å². The predicted molar refractivity (Wildman–Crippen MR) is 140 cm³/mol. The first-order valence-corrected chi connectivity index (χ1v) is 12.0. The van der Waals surface area contributed by atoms with Crippen LogP contribution < -0.4 is 0 Å². The van der Waals surface area contributed by atoms with Gasteiger partial charge in [-0.1, -0.05) is 120 Å². The molecule has 0 saturated heterocycles. The molecular formula is C31H48. The van der Waals surface area contributed by atoms with Gasteiger partial charge in [-0.25, -0.2) is 0 Å². The molecule has 172 valence electrons. The Bertz CT molecular complexity index is 861. The van der Waals surface area contributed by atoms with Gasteiger partial charge in [0, 0.05) is 5.92 Å². The van der Waals surface area contributed by atoms with Crippen LogP contribution in [0.15, 0.2) is 30.3 Å². The summed E-state index contributed by atoms with van der Waals surface area (Å²) in [4.78, 5) is 0. The summed E-state index contributed by atoms with van der Waals surface area (Å²) in [5.41, 5.74) is 10.7. The summed E-state index contributed by atoms with van der Waals surface area (Å²) in [6.45, 7) is 32.7. The second-order valence-electron chi connectivity index (χ2n) is 13.8. The Kier molecular flexibility index (Phi) is 6.71. The average Bonchev–Trinajstić information content (AvgIpc) is 2.57. The standard InChI is InChI=1S/C31H48/c1-20(22-15-24(28(3,4)5)19-25(16-22)29(6,7)8)23-17-26(30(9,10)11)21(2)27(18-23)31(12,13)14/h15-20H,1-14H3. The summed E-state index contributed by atoms with van der Waals surface area (Å²) in [6.07, 6.45) is 0. The van der Waals surface area contributed by atoms with E-state index < -0.39 is 0 Å². The molecule has 1 unspecified atom stereocenters. The molecule has 2 rings (SSSR count). The van der Waals surface area contributed by atoms with Crippen LogP contribution in [0.5, 0.6) is 0 Å². The van der Waals surface area contributed by atoms with Gasteiger partial charge in [0.1, 0.15) is 0 Å². The maximum Gasteiger partial charge on any atom is 0.00614 e. The first-order chi connectivity index (χ1) is 13.7. The predicted octanol–water partition coefficient (Wildman–Crippen LogP) is 9.34. The minimum Gasteiger partial charge on any atom is -0.0561 e. The smallest absolute Gasteiger partial charge is 0.00614 e. The molecule has 0 radical (unpaired) electrons. The van der Waals surface area contributed by atoms with Crippen molar-refractivity contribution >= 4 is 0 Å². The van der Waals surface area contributed by atoms with Gasteiger partial charge < -0.3 is 0 Å². The monoisotopic (exact) mass is 420 g/mol. The topological polar surface area (TPSA) is 0 Å². The summed E-state index contributed by atoms with van der Waals surface area (Å²) < 4.78 is 0. The minimum absolute atomic E-state index is 0.129. The van der Waals surface area contributed by atoms with Crippen molar-refractivity contribution in [2.75, 3.05) is 0 Å². The normalized spacial score (nSPS) is 14.6. The van der Waals surface area contributed by atoms with Gasteiger partial charge in [0.05, 0.1) is 0 Å². The van der Waals surface area contributed by atoms with Crippen LogP contribution in [0.25, 0.3) is 0 Å².